The van der Waals surface area contributed by atoms with Crippen molar-refractivity contribution >= 4 is 23.4 Å². The van der Waals surface area contributed by atoms with Crippen LogP contribution in [0.4, 0.5) is 14.5 Å². The summed E-state index contributed by atoms with van der Waals surface area (Å²) in [4.78, 5) is 13.0. The molecule has 6 nitrogen and oxygen atoms in total. The van der Waals surface area contributed by atoms with Crippen LogP contribution < -0.4 is 10.7 Å². The number of amides is 1. The predicted octanol–water partition coefficient (Wildman–Crippen LogP) is 3.52. The van der Waals surface area contributed by atoms with E-state index in [0.717, 1.165) is 11.4 Å². The molecular formula is C19H17F2N5OS. The van der Waals surface area contributed by atoms with Crippen molar-refractivity contribution in [3.8, 4) is 0 Å². The average molecular weight is 401 g/mol. The van der Waals surface area contributed by atoms with E-state index in [1.54, 1.807) is 28.9 Å². The van der Waals surface area contributed by atoms with E-state index in [0.29, 0.717) is 11.6 Å². The van der Waals surface area contributed by atoms with Crippen molar-refractivity contribution in [1.29, 1.82) is 0 Å². The maximum atomic E-state index is 14.0. The Morgan fingerprint density at radius 3 is 2.64 bits per heavy atom. The third kappa shape index (κ3) is 3.45. The number of carbonyl (C=O) groups is 1. The van der Waals surface area contributed by atoms with Crippen LogP contribution in [0.3, 0.4) is 0 Å². The van der Waals surface area contributed by atoms with Crippen molar-refractivity contribution in [2.75, 3.05) is 10.7 Å². The molecule has 0 radical (unpaired) electrons. The Kier molecular flexibility index (Phi) is 4.99. The van der Waals surface area contributed by atoms with Gasteiger partial charge in [0.25, 0.3) is 0 Å². The molecule has 0 saturated carbocycles. The molecule has 3 aromatic rings. The minimum Gasteiger partial charge on any atom is -0.323 e. The Morgan fingerprint density at radius 1 is 1.18 bits per heavy atom. The van der Waals surface area contributed by atoms with Gasteiger partial charge in [0.05, 0.1) is 11.7 Å². The summed E-state index contributed by atoms with van der Waals surface area (Å²) in [6, 6.07) is 11.4. The number of para-hydroxylation sites is 1. The van der Waals surface area contributed by atoms with Crippen LogP contribution in [0.15, 0.2) is 53.7 Å². The number of thioether (sulfide) groups is 1. The van der Waals surface area contributed by atoms with E-state index in [9.17, 15) is 13.6 Å². The predicted molar refractivity (Wildman–Crippen MR) is 103 cm³/mol. The number of benzene rings is 2. The van der Waals surface area contributed by atoms with Crippen LogP contribution in [-0.4, -0.2) is 26.0 Å². The molecule has 2 atom stereocenters. The highest BCUT2D eigenvalue weighted by Crippen LogP contribution is 2.37. The second-order valence-electron chi connectivity index (χ2n) is 6.25. The molecule has 0 fully saturated rings. The molecule has 1 aromatic heterocycles. The standard InChI is InChI=1S/C19H17F2N5OS/c1-2-15-23-24-19-26(15)25-16(11-7-9-12(20)10-8-11)17(28-19)18(27)22-14-6-4-3-5-13(14)21/h3-10,16-17,25H,2H2,1H3,(H,22,27)/t16-,17+/m1/s1. The van der Waals surface area contributed by atoms with E-state index in [4.69, 9.17) is 0 Å². The summed E-state index contributed by atoms with van der Waals surface area (Å²) >= 11 is 1.23. The molecule has 28 heavy (non-hydrogen) atoms. The lowest BCUT2D eigenvalue weighted by Crippen LogP contribution is -2.41. The van der Waals surface area contributed by atoms with Gasteiger partial charge in [0.15, 0.2) is 5.82 Å². The highest BCUT2D eigenvalue weighted by atomic mass is 32.2. The summed E-state index contributed by atoms with van der Waals surface area (Å²) < 4.78 is 29.1. The van der Waals surface area contributed by atoms with E-state index in [1.165, 1.54) is 36.0 Å². The lowest BCUT2D eigenvalue weighted by Gasteiger charge is -2.33. The molecule has 1 aliphatic heterocycles. The van der Waals surface area contributed by atoms with Gasteiger partial charge >= 0.3 is 0 Å². The largest absolute Gasteiger partial charge is 0.323 e. The molecular weight excluding hydrogens is 384 g/mol. The van der Waals surface area contributed by atoms with Crippen molar-refractivity contribution in [1.82, 2.24) is 14.9 Å². The molecule has 1 amide bonds. The van der Waals surface area contributed by atoms with Crippen molar-refractivity contribution in [2.24, 2.45) is 0 Å². The second-order valence-corrected chi connectivity index (χ2v) is 7.36. The normalized spacial score (nSPS) is 18.2. The zero-order valence-corrected chi connectivity index (χ0v) is 15.7. The number of aryl methyl sites for hydroxylation is 1. The summed E-state index contributed by atoms with van der Waals surface area (Å²) in [7, 11) is 0. The Balaban J connectivity index is 1.68. The summed E-state index contributed by atoms with van der Waals surface area (Å²) in [5.74, 6) is -0.537. The Bertz CT molecular complexity index is 1010. The van der Waals surface area contributed by atoms with Gasteiger partial charge in [-0.3, -0.25) is 4.79 Å². The molecule has 2 N–H and O–H groups in total. The minimum atomic E-state index is -0.661. The first-order valence-electron chi connectivity index (χ1n) is 8.75. The van der Waals surface area contributed by atoms with E-state index < -0.39 is 17.1 Å². The second kappa shape index (κ2) is 7.59. The summed E-state index contributed by atoms with van der Waals surface area (Å²) in [6.07, 6.45) is 0.656. The number of hydrogen-bond donors (Lipinski definition) is 2. The van der Waals surface area contributed by atoms with Gasteiger partial charge in [-0.05, 0) is 29.8 Å². The maximum Gasteiger partial charge on any atom is 0.240 e. The number of carbonyl (C=O) groups excluding carboxylic acids is 1. The van der Waals surface area contributed by atoms with Gasteiger partial charge in [-0.2, -0.15) is 0 Å². The SMILES string of the molecule is CCc1nnc2n1N[C@H](c1ccc(F)cc1)[C@@H](C(=O)Nc1ccccc1F)S2. The molecule has 4 rings (SSSR count). The smallest absolute Gasteiger partial charge is 0.240 e. The monoisotopic (exact) mass is 401 g/mol. The number of nitrogens with one attached hydrogen (secondary N) is 2. The Morgan fingerprint density at radius 2 is 1.93 bits per heavy atom. The number of fused-ring (bicyclic) bond motifs is 1. The Hall–Kier alpha value is -2.94. The minimum absolute atomic E-state index is 0.104. The van der Waals surface area contributed by atoms with E-state index in [2.05, 4.69) is 20.9 Å². The molecule has 0 unspecified atom stereocenters. The molecule has 1 aliphatic rings. The van der Waals surface area contributed by atoms with Crippen LogP contribution in [0.1, 0.15) is 24.4 Å². The first kappa shape index (κ1) is 18.4. The number of rotatable bonds is 4. The van der Waals surface area contributed by atoms with Crippen LogP contribution in [0, 0.1) is 11.6 Å². The van der Waals surface area contributed by atoms with E-state index in [-0.39, 0.29) is 17.4 Å². The molecule has 2 aromatic carbocycles. The fourth-order valence-corrected chi connectivity index (χ4v) is 4.11. The van der Waals surface area contributed by atoms with Crippen LogP contribution in [0.2, 0.25) is 0 Å². The van der Waals surface area contributed by atoms with Crippen molar-refractivity contribution < 1.29 is 13.6 Å². The van der Waals surface area contributed by atoms with E-state index in [1.807, 2.05) is 6.92 Å². The summed E-state index contributed by atoms with van der Waals surface area (Å²) in [6.45, 7) is 1.95. The number of hydrogen-bond acceptors (Lipinski definition) is 5. The third-order valence-electron chi connectivity index (χ3n) is 4.44. The molecule has 144 valence electrons. The van der Waals surface area contributed by atoms with Gasteiger partial charge in [0.2, 0.25) is 11.1 Å². The number of halogens is 2. The van der Waals surface area contributed by atoms with Gasteiger partial charge in [-0.15, -0.1) is 10.2 Å². The number of aromatic nitrogens is 3. The van der Waals surface area contributed by atoms with Crippen LogP contribution in [0.25, 0.3) is 0 Å². The molecule has 2 heterocycles. The van der Waals surface area contributed by atoms with Gasteiger partial charge in [0, 0.05) is 6.42 Å². The zero-order valence-electron chi connectivity index (χ0n) is 14.9. The van der Waals surface area contributed by atoms with Crippen molar-refractivity contribution in [3.63, 3.8) is 0 Å². The number of anilines is 1. The van der Waals surface area contributed by atoms with Crippen molar-refractivity contribution in [3.05, 3.63) is 71.6 Å². The Labute approximate surface area is 164 Å². The summed E-state index contributed by atoms with van der Waals surface area (Å²) in [5, 5.41) is 10.8. The highest BCUT2D eigenvalue weighted by molar-refractivity contribution is 8.00. The van der Waals surface area contributed by atoms with Gasteiger partial charge in [0.1, 0.15) is 16.9 Å². The fourth-order valence-electron chi connectivity index (χ4n) is 3.01. The zero-order chi connectivity index (χ0) is 19.7. The fraction of sp³-hybridized carbons (Fsp3) is 0.211. The van der Waals surface area contributed by atoms with Gasteiger partial charge in [-0.1, -0.05) is 43.0 Å². The molecule has 9 heteroatoms. The molecule has 0 saturated heterocycles. The van der Waals surface area contributed by atoms with Crippen LogP contribution >= 0.6 is 11.8 Å². The average Bonchev–Trinajstić information content (AvgIpc) is 3.11. The van der Waals surface area contributed by atoms with Gasteiger partial charge in [-0.25, -0.2) is 13.5 Å². The number of nitrogens with zero attached hydrogens (tertiary/aromatic N) is 3. The topological polar surface area (TPSA) is 71.8 Å². The van der Waals surface area contributed by atoms with Crippen LogP contribution in [-0.2, 0) is 11.2 Å². The van der Waals surface area contributed by atoms with Crippen LogP contribution in [0.5, 0.6) is 0 Å². The summed E-state index contributed by atoms with van der Waals surface area (Å²) in [5.41, 5.74) is 4.09. The lowest BCUT2D eigenvalue weighted by molar-refractivity contribution is -0.116. The first-order chi connectivity index (χ1) is 13.6. The third-order valence-corrected chi connectivity index (χ3v) is 5.65. The lowest BCUT2D eigenvalue weighted by atomic mass is 10.0. The molecule has 0 spiro atoms. The first-order valence-corrected chi connectivity index (χ1v) is 9.63. The maximum absolute atomic E-state index is 14.0. The molecule has 0 bridgehead atoms. The van der Waals surface area contributed by atoms with Crippen molar-refractivity contribution in [2.45, 2.75) is 29.8 Å². The van der Waals surface area contributed by atoms with Gasteiger partial charge < -0.3 is 10.7 Å². The molecule has 0 aliphatic carbocycles. The quantitative estimate of drug-likeness (QED) is 0.700. The van der Waals surface area contributed by atoms with E-state index >= 15 is 0 Å². The highest BCUT2D eigenvalue weighted by Gasteiger charge is 2.37.